The van der Waals surface area contributed by atoms with E-state index in [1.165, 1.54) is 23.9 Å². The van der Waals surface area contributed by atoms with E-state index >= 15 is 0 Å². The number of hydrogen-bond acceptors (Lipinski definition) is 6. The van der Waals surface area contributed by atoms with Crippen molar-refractivity contribution >= 4 is 17.7 Å². The first-order valence-corrected chi connectivity index (χ1v) is 6.99. The number of nitrogens with zero attached hydrogens (tertiary/aromatic N) is 2. The second-order valence-electron chi connectivity index (χ2n) is 4.33. The number of benzene rings is 1. The van der Waals surface area contributed by atoms with Gasteiger partial charge in [-0.2, -0.15) is 0 Å². The lowest BCUT2D eigenvalue weighted by molar-refractivity contribution is -0.137. The molecule has 0 aliphatic carbocycles. The van der Waals surface area contributed by atoms with Crippen molar-refractivity contribution in [3.8, 4) is 0 Å². The number of rotatable bonds is 4. The lowest BCUT2D eigenvalue weighted by Crippen LogP contribution is -2.09. The van der Waals surface area contributed by atoms with Crippen LogP contribution in [0.1, 0.15) is 17.9 Å². The van der Waals surface area contributed by atoms with Gasteiger partial charge in [0.1, 0.15) is 11.1 Å². The highest BCUT2D eigenvalue weighted by Gasteiger charge is 2.29. The molecule has 0 bridgehead atoms. The predicted molar refractivity (Wildman–Crippen MR) is 68.7 cm³/mol. The van der Waals surface area contributed by atoms with Crippen LogP contribution in [0.15, 0.2) is 33.9 Å². The van der Waals surface area contributed by atoms with Gasteiger partial charge >= 0.3 is 5.97 Å². The molecule has 104 valence electrons. The molecule has 0 N–H and O–H groups in total. The van der Waals surface area contributed by atoms with Gasteiger partial charge in [-0.05, 0) is 29.5 Å². The normalized spacial score (nSPS) is 18.2. The van der Waals surface area contributed by atoms with E-state index in [-0.39, 0.29) is 17.0 Å². The Morgan fingerprint density at radius 1 is 1.40 bits per heavy atom. The zero-order chi connectivity index (χ0) is 13.9. The Balaban J connectivity index is 1.66. The van der Waals surface area contributed by atoms with E-state index in [0.717, 1.165) is 5.56 Å². The molecule has 5 nitrogen and oxygen atoms in total. The molecule has 1 saturated heterocycles. The highest BCUT2D eigenvalue weighted by atomic mass is 32.2. The van der Waals surface area contributed by atoms with Crippen molar-refractivity contribution in [2.75, 3.05) is 6.61 Å². The smallest absolute Gasteiger partial charge is 0.319 e. The van der Waals surface area contributed by atoms with Crippen LogP contribution in [0.25, 0.3) is 0 Å². The Morgan fingerprint density at radius 3 is 3.05 bits per heavy atom. The minimum Gasteiger partial charge on any atom is -0.465 e. The van der Waals surface area contributed by atoms with Crippen molar-refractivity contribution in [2.24, 2.45) is 0 Å². The molecule has 0 saturated carbocycles. The van der Waals surface area contributed by atoms with Crippen LogP contribution in [0.5, 0.6) is 0 Å². The molecule has 1 aliphatic heterocycles. The predicted octanol–water partition coefficient (Wildman–Crippen LogP) is 2.21. The molecule has 3 rings (SSSR count). The number of hydrogen-bond donors (Lipinski definition) is 0. The maximum absolute atomic E-state index is 13.1. The molecule has 0 unspecified atom stereocenters. The average Bonchev–Trinajstić information content (AvgIpc) is 3.01. The van der Waals surface area contributed by atoms with Gasteiger partial charge in [0.25, 0.3) is 5.22 Å². The van der Waals surface area contributed by atoms with E-state index in [1.54, 1.807) is 12.1 Å². The minimum atomic E-state index is -0.301. The van der Waals surface area contributed by atoms with Crippen LogP contribution in [0, 0.1) is 5.82 Å². The third-order valence-corrected chi connectivity index (χ3v) is 3.90. The summed E-state index contributed by atoms with van der Waals surface area (Å²) in [5, 5.41) is 7.83. The van der Waals surface area contributed by atoms with Gasteiger partial charge in [-0.15, -0.1) is 10.2 Å². The summed E-state index contributed by atoms with van der Waals surface area (Å²) in [6, 6.07) is 6.22. The number of ether oxygens (including phenoxy) is 1. The molecule has 7 heteroatoms. The first kappa shape index (κ1) is 13.1. The monoisotopic (exact) mass is 294 g/mol. The maximum Gasteiger partial charge on any atom is 0.319 e. The van der Waals surface area contributed by atoms with E-state index in [2.05, 4.69) is 10.2 Å². The second-order valence-corrected chi connectivity index (χ2v) is 5.49. The van der Waals surface area contributed by atoms with Crippen LogP contribution < -0.4 is 0 Å². The Labute approximate surface area is 118 Å². The molecule has 0 spiro atoms. The van der Waals surface area contributed by atoms with Gasteiger partial charge in [0, 0.05) is 6.42 Å². The summed E-state index contributed by atoms with van der Waals surface area (Å²) in [5.41, 5.74) is 0.755. The van der Waals surface area contributed by atoms with Crippen molar-refractivity contribution in [1.82, 2.24) is 10.2 Å². The molecule has 2 aromatic rings. The van der Waals surface area contributed by atoms with Crippen LogP contribution in [0.2, 0.25) is 0 Å². The molecule has 1 aromatic carbocycles. The lowest BCUT2D eigenvalue weighted by atomic mass is 10.1. The molecule has 0 amide bonds. The second kappa shape index (κ2) is 5.62. The molecule has 1 aromatic heterocycles. The number of cyclic esters (lactones) is 1. The van der Waals surface area contributed by atoms with Gasteiger partial charge in [0.05, 0.1) is 13.0 Å². The quantitative estimate of drug-likeness (QED) is 0.805. The van der Waals surface area contributed by atoms with Gasteiger partial charge < -0.3 is 9.15 Å². The number of thioether (sulfide) groups is 1. The number of carbonyl (C=O) groups excluding carboxylic acids is 1. The molecule has 0 radical (unpaired) electrons. The Hall–Kier alpha value is -1.89. The van der Waals surface area contributed by atoms with Gasteiger partial charge in [-0.25, -0.2) is 4.39 Å². The molecule has 1 aliphatic rings. The highest BCUT2D eigenvalue weighted by molar-refractivity contribution is 8.00. The summed E-state index contributed by atoms with van der Waals surface area (Å²) in [6.07, 6.45) is 1.01. The van der Waals surface area contributed by atoms with Crippen molar-refractivity contribution in [1.29, 1.82) is 0 Å². The Kier molecular flexibility index (Phi) is 3.68. The number of aromatic nitrogens is 2. The van der Waals surface area contributed by atoms with E-state index in [0.29, 0.717) is 30.6 Å². The lowest BCUT2D eigenvalue weighted by Gasteiger charge is -1.99. The molecule has 2 heterocycles. The summed E-state index contributed by atoms with van der Waals surface area (Å²) in [7, 11) is 0. The third kappa shape index (κ3) is 2.98. The van der Waals surface area contributed by atoms with E-state index in [1.807, 2.05) is 0 Å². The molecule has 20 heavy (non-hydrogen) atoms. The van der Waals surface area contributed by atoms with Gasteiger partial charge in [0.2, 0.25) is 5.89 Å². The Bertz CT molecular complexity index is 632. The molecule has 1 fully saturated rings. The van der Waals surface area contributed by atoms with E-state index in [9.17, 15) is 9.18 Å². The largest absolute Gasteiger partial charge is 0.465 e. The Morgan fingerprint density at radius 2 is 2.30 bits per heavy atom. The fraction of sp³-hybridized carbons (Fsp3) is 0.308. The van der Waals surface area contributed by atoms with Crippen LogP contribution in [-0.4, -0.2) is 28.0 Å². The van der Waals surface area contributed by atoms with Crippen LogP contribution >= 0.6 is 11.8 Å². The standard InChI is InChI=1S/C13H11FN2O3S/c14-9-3-1-2-8(6-9)7-11-15-16-13(19-11)20-10-4-5-18-12(10)17/h1-3,6,10H,4-5,7H2/t10-/m0/s1. The third-order valence-electron chi connectivity index (χ3n) is 2.82. The zero-order valence-electron chi connectivity index (χ0n) is 10.4. The topological polar surface area (TPSA) is 65.2 Å². The van der Waals surface area contributed by atoms with Crippen molar-refractivity contribution in [3.63, 3.8) is 0 Å². The number of carbonyl (C=O) groups is 1. The summed E-state index contributed by atoms with van der Waals surface area (Å²) in [5.74, 6) is -0.158. The summed E-state index contributed by atoms with van der Waals surface area (Å²) >= 11 is 1.20. The van der Waals surface area contributed by atoms with Crippen LogP contribution in [-0.2, 0) is 16.0 Å². The van der Waals surface area contributed by atoms with Gasteiger partial charge in [0.15, 0.2) is 0 Å². The molecular weight excluding hydrogens is 283 g/mol. The zero-order valence-corrected chi connectivity index (χ0v) is 11.2. The maximum atomic E-state index is 13.1. The summed E-state index contributed by atoms with van der Waals surface area (Å²) < 4.78 is 23.4. The van der Waals surface area contributed by atoms with Crippen LogP contribution in [0.3, 0.4) is 0 Å². The highest BCUT2D eigenvalue weighted by Crippen LogP contribution is 2.28. The average molecular weight is 294 g/mol. The van der Waals surface area contributed by atoms with Crippen molar-refractivity contribution in [3.05, 3.63) is 41.5 Å². The van der Waals surface area contributed by atoms with E-state index in [4.69, 9.17) is 9.15 Å². The fourth-order valence-corrected chi connectivity index (χ4v) is 2.74. The first-order valence-electron chi connectivity index (χ1n) is 6.11. The van der Waals surface area contributed by atoms with Gasteiger partial charge in [-0.3, -0.25) is 4.79 Å². The fourth-order valence-electron chi connectivity index (χ4n) is 1.88. The molecule has 1 atom stereocenters. The van der Waals surface area contributed by atoms with Gasteiger partial charge in [-0.1, -0.05) is 12.1 Å². The minimum absolute atomic E-state index is 0.250. The number of halogens is 1. The summed E-state index contributed by atoms with van der Waals surface area (Å²) in [6.45, 7) is 0.431. The van der Waals surface area contributed by atoms with Crippen molar-refractivity contribution < 1.29 is 18.3 Å². The van der Waals surface area contributed by atoms with Crippen LogP contribution in [0.4, 0.5) is 4.39 Å². The van der Waals surface area contributed by atoms with Crippen molar-refractivity contribution in [2.45, 2.75) is 23.3 Å². The SMILES string of the molecule is O=C1OCC[C@@H]1Sc1nnc(Cc2cccc(F)c2)o1. The van der Waals surface area contributed by atoms with E-state index < -0.39 is 0 Å². The summed E-state index contributed by atoms with van der Waals surface area (Å²) in [4.78, 5) is 11.3. The first-order chi connectivity index (χ1) is 9.70. The number of esters is 1. The molecular formula is C13H11FN2O3S.